The van der Waals surface area contributed by atoms with Crippen LogP contribution in [0.2, 0.25) is 0 Å². The molecule has 70 heavy (non-hydrogen) atoms. The van der Waals surface area contributed by atoms with E-state index in [1.165, 1.54) is 122 Å². The zero-order valence-electron chi connectivity index (χ0n) is 45.7. The molecule has 0 aliphatic carbocycles. The van der Waals surface area contributed by atoms with Crippen molar-refractivity contribution >= 4 is 5.91 Å². The van der Waals surface area contributed by atoms with Crippen molar-refractivity contribution in [2.45, 2.75) is 270 Å². The van der Waals surface area contributed by atoms with Gasteiger partial charge < -0.3 is 15.5 Å². The van der Waals surface area contributed by atoms with E-state index in [2.05, 4.69) is 153 Å². The van der Waals surface area contributed by atoms with Gasteiger partial charge >= 0.3 is 0 Å². The molecular formula is C66H111NO3. The molecule has 0 saturated heterocycles. The van der Waals surface area contributed by atoms with Crippen molar-refractivity contribution < 1.29 is 15.0 Å². The second-order valence-electron chi connectivity index (χ2n) is 19.3. The molecule has 0 spiro atoms. The fraction of sp³-hybridized carbons (Fsp3) is 0.652. The number of allylic oxidation sites excluding steroid dienone is 22. The van der Waals surface area contributed by atoms with E-state index in [0.29, 0.717) is 12.8 Å². The van der Waals surface area contributed by atoms with E-state index in [-0.39, 0.29) is 12.5 Å². The van der Waals surface area contributed by atoms with Crippen LogP contribution in [0.1, 0.15) is 258 Å². The Labute approximate surface area is 434 Å². The first-order chi connectivity index (χ1) is 34.7. The van der Waals surface area contributed by atoms with Gasteiger partial charge in [0, 0.05) is 6.42 Å². The zero-order chi connectivity index (χ0) is 50.6. The third-order valence-electron chi connectivity index (χ3n) is 12.7. The lowest BCUT2D eigenvalue weighted by atomic mass is 10.0. The highest BCUT2D eigenvalue weighted by atomic mass is 16.3. The highest BCUT2D eigenvalue weighted by molar-refractivity contribution is 5.76. The maximum atomic E-state index is 12.5. The summed E-state index contributed by atoms with van der Waals surface area (Å²) < 4.78 is 0. The van der Waals surface area contributed by atoms with E-state index in [1.807, 2.05) is 0 Å². The van der Waals surface area contributed by atoms with Crippen LogP contribution in [-0.2, 0) is 4.79 Å². The van der Waals surface area contributed by atoms with Crippen LogP contribution in [0.25, 0.3) is 0 Å². The Morgan fingerprint density at radius 2 is 0.629 bits per heavy atom. The summed E-state index contributed by atoms with van der Waals surface area (Å²) in [4.78, 5) is 12.5. The number of aliphatic hydroxyl groups excluding tert-OH is 2. The van der Waals surface area contributed by atoms with Crippen LogP contribution in [0, 0.1) is 0 Å². The summed E-state index contributed by atoms with van der Waals surface area (Å²) in [6, 6.07) is -0.552. The minimum atomic E-state index is -0.673. The van der Waals surface area contributed by atoms with Crippen LogP contribution in [0.4, 0.5) is 0 Å². The third kappa shape index (κ3) is 55.5. The van der Waals surface area contributed by atoms with Crippen molar-refractivity contribution in [1.82, 2.24) is 5.32 Å². The molecule has 2 atom stereocenters. The first-order valence-corrected chi connectivity index (χ1v) is 29.4. The number of unbranched alkanes of at least 4 members (excludes halogenated alkanes) is 23. The Balaban J connectivity index is 3.62. The summed E-state index contributed by atoms with van der Waals surface area (Å²) in [6.07, 6.45) is 92.9. The van der Waals surface area contributed by atoms with Gasteiger partial charge in [0.15, 0.2) is 0 Å². The maximum absolute atomic E-state index is 12.5. The molecule has 0 aromatic heterocycles. The van der Waals surface area contributed by atoms with Gasteiger partial charge in [-0.15, -0.1) is 0 Å². The van der Waals surface area contributed by atoms with Gasteiger partial charge in [0.25, 0.3) is 0 Å². The molecule has 0 aromatic carbocycles. The van der Waals surface area contributed by atoms with Crippen LogP contribution >= 0.6 is 0 Å². The summed E-state index contributed by atoms with van der Waals surface area (Å²) in [5.41, 5.74) is 0. The van der Waals surface area contributed by atoms with Crippen molar-refractivity contribution in [2.75, 3.05) is 6.61 Å². The molecule has 4 heteroatoms. The van der Waals surface area contributed by atoms with Gasteiger partial charge in [-0.1, -0.05) is 289 Å². The first-order valence-electron chi connectivity index (χ1n) is 29.4. The van der Waals surface area contributed by atoms with E-state index in [9.17, 15) is 15.0 Å². The molecule has 0 aliphatic rings. The standard InChI is InChI=1S/C66H111NO3/c1-3-5-7-9-11-13-15-17-19-21-22-23-24-25-26-27-28-29-30-31-32-33-34-35-36-37-38-39-40-41-42-43-44-46-48-50-52-54-56-58-60-62-66(70)67-64(63-68)65(69)61-59-57-55-53-51-49-47-45-20-18-16-14-12-10-8-6-4-2/h5,7,11,13,17,19,22-23,25-26,28-29,31-32,34-35,37-38,40-41,43-44,64-65,68-69H,3-4,6,8-10,12,14-16,18,20-21,24,27,30,33,36,39,42,45-63H2,1-2H3,(H,67,70)/b7-5-,13-11-,19-17-,23-22-,26-25-,29-28-,32-31-,35-34-,38-37-,41-40-,44-43-. The lowest BCUT2D eigenvalue weighted by molar-refractivity contribution is -0.123. The van der Waals surface area contributed by atoms with Gasteiger partial charge in [0.2, 0.25) is 5.91 Å². The molecule has 0 rings (SSSR count). The number of carbonyl (C=O) groups excluding carboxylic acids is 1. The molecule has 3 N–H and O–H groups in total. The largest absolute Gasteiger partial charge is 0.394 e. The third-order valence-corrected chi connectivity index (χ3v) is 12.7. The van der Waals surface area contributed by atoms with Crippen LogP contribution < -0.4 is 5.32 Å². The van der Waals surface area contributed by atoms with Crippen LogP contribution in [-0.4, -0.2) is 34.9 Å². The number of amides is 1. The molecular weight excluding hydrogens is 855 g/mol. The fourth-order valence-corrected chi connectivity index (χ4v) is 8.25. The van der Waals surface area contributed by atoms with Crippen molar-refractivity contribution in [3.63, 3.8) is 0 Å². The second-order valence-corrected chi connectivity index (χ2v) is 19.3. The van der Waals surface area contributed by atoms with E-state index in [1.54, 1.807) is 0 Å². The van der Waals surface area contributed by atoms with E-state index >= 15 is 0 Å². The molecule has 0 aromatic rings. The number of nitrogens with one attached hydrogen (secondary N) is 1. The molecule has 0 saturated carbocycles. The van der Waals surface area contributed by atoms with Gasteiger partial charge in [0.05, 0.1) is 18.8 Å². The van der Waals surface area contributed by atoms with Crippen LogP contribution in [0.15, 0.2) is 134 Å². The monoisotopic (exact) mass is 966 g/mol. The topological polar surface area (TPSA) is 69.6 Å². The Hall–Kier alpha value is -3.47. The Kier molecular flexibility index (Phi) is 56.9. The predicted molar refractivity (Wildman–Crippen MR) is 312 cm³/mol. The number of hydrogen-bond acceptors (Lipinski definition) is 3. The second kappa shape index (κ2) is 59.8. The highest BCUT2D eigenvalue weighted by Gasteiger charge is 2.20. The van der Waals surface area contributed by atoms with E-state index in [0.717, 1.165) is 109 Å². The lowest BCUT2D eigenvalue weighted by Crippen LogP contribution is -2.45. The van der Waals surface area contributed by atoms with Crippen LogP contribution in [0.3, 0.4) is 0 Å². The van der Waals surface area contributed by atoms with Gasteiger partial charge in [-0.25, -0.2) is 0 Å². The number of rotatable bonds is 52. The summed E-state index contributed by atoms with van der Waals surface area (Å²) in [5, 5.41) is 23.3. The van der Waals surface area contributed by atoms with Gasteiger partial charge in [-0.3, -0.25) is 4.79 Å². The molecule has 0 fully saturated rings. The summed E-state index contributed by atoms with van der Waals surface area (Å²) in [7, 11) is 0. The SMILES string of the molecule is CC/C=C\C/C=C\C/C=C\C/C=C\C/C=C\C/C=C\C/C=C\C/C=C\C/C=C\C/C=C\C/C=C\CCCCCCCCCC(=O)NC(CO)C(O)CCCCCCCCCCCCCCCCCCC. The molecule has 0 heterocycles. The molecule has 4 nitrogen and oxygen atoms in total. The Morgan fingerprint density at radius 1 is 0.357 bits per heavy atom. The lowest BCUT2D eigenvalue weighted by Gasteiger charge is -2.22. The van der Waals surface area contributed by atoms with Crippen molar-refractivity contribution in [3.05, 3.63) is 134 Å². The average molecular weight is 967 g/mol. The van der Waals surface area contributed by atoms with Crippen molar-refractivity contribution in [2.24, 2.45) is 0 Å². The summed E-state index contributed by atoms with van der Waals surface area (Å²) >= 11 is 0. The van der Waals surface area contributed by atoms with Crippen molar-refractivity contribution in [1.29, 1.82) is 0 Å². The van der Waals surface area contributed by atoms with E-state index < -0.39 is 12.1 Å². The Bertz CT molecular complexity index is 1420. The molecule has 0 radical (unpaired) electrons. The first kappa shape index (κ1) is 66.5. The van der Waals surface area contributed by atoms with Crippen LogP contribution in [0.5, 0.6) is 0 Å². The predicted octanol–water partition coefficient (Wildman–Crippen LogP) is 19.8. The number of carbonyl (C=O) groups is 1. The smallest absolute Gasteiger partial charge is 0.220 e. The summed E-state index contributed by atoms with van der Waals surface area (Å²) in [6.45, 7) is 4.24. The Morgan fingerprint density at radius 3 is 0.943 bits per heavy atom. The fourth-order valence-electron chi connectivity index (χ4n) is 8.25. The zero-order valence-corrected chi connectivity index (χ0v) is 45.7. The molecule has 398 valence electrons. The van der Waals surface area contributed by atoms with Gasteiger partial charge in [-0.05, 0) is 96.3 Å². The number of aliphatic hydroxyl groups is 2. The van der Waals surface area contributed by atoms with Crippen molar-refractivity contribution in [3.8, 4) is 0 Å². The van der Waals surface area contributed by atoms with E-state index in [4.69, 9.17) is 0 Å². The number of hydrogen-bond donors (Lipinski definition) is 3. The quantitative estimate of drug-likeness (QED) is 0.0420. The molecule has 1 amide bonds. The van der Waals surface area contributed by atoms with Gasteiger partial charge in [0.1, 0.15) is 0 Å². The maximum Gasteiger partial charge on any atom is 0.220 e. The van der Waals surface area contributed by atoms with Gasteiger partial charge in [-0.2, -0.15) is 0 Å². The average Bonchev–Trinajstić information content (AvgIpc) is 3.36. The minimum absolute atomic E-state index is 0.0465. The minimum Gasteiger partial charge on any atom is -0.394 e. The molecule has 2 unspecified atom stereocenters. The molecule has 0 aliphatic heterocycles. The highest BCUT2D eigenvalue weighted by Crippen LogP contribution is 2.16. The molecule has 0 bridgehead atoms. The summed E-state index contributed by atoms with van der Waals surface area (Å²) in [5.74, 6) is -0.0465. The normalized spacial score (nSPS) is 13.8.